The molecule has 2 heterocycles. The largest absolute Gasteiger partial charge is 0.372 e. The van der Waals surface area contributed by atoms with Crippen LogP contribution in [0.25, 0.3) is 20.4 Å². The van der Waals surface area contributed by atoms with Gasteiger partial charge in [-0.1, -0.05) is 60.7 Å². The summed E-state index contributed by atoms with van der Waals surface area (Å²) >= 11 is 3.08. The Kier molecular flexibility index (Phi) is 11.0. The average Bonchev–Trinajstić information content (AvgIpc) is 3.87. The van der Waals surface area contributed by atoms with Crippen LogP contribution in [-0.2, 0) is 17.6 Å². The fourth-order valence-electron chi connectivity index (χ4n) is 6.39. The average molecular weight is 757 g/mol. The quantitative estimate of drug-likeness (QED) is 0.126. The molecule has 0 spiro atoms. The molecule has 0 aliphatic rings. The summed E-state index contributed by atoms with van der Waals surface area (Å²) in [5, 5.41) is 5.90. The summed E-state index contributed by atoms with van der Waals surface area (Å²) in [4.78, 5) is 54.0. The number of thiazole rings is 2. The van der Waals surface area contributed by atoms with Crippen LogP contribution in [0.4, 0.5) is 15.8 Å². The van der Waals surface area contributed by atoms with Crippen LogP contribution >= 0.6 is 22.7 Å². The maximum Gasteiger partial charge on any atom is 0.254 e. The summed E-state index contributed by atoms with van der Waals surface area (Å²) in [6, 6.07) is 33.0. The van der Waals surface area contributed by atoms with Gasteiger partial charge in [0.1, 0.15) is 11.9 Å². The van der Waals surface area contributed by atoms with Crippen molar-refractivity contribution in [3.63, 3.8) is 0 Å². The zero-order valence-corrected chi connectivity index (χ0v) is 31.2. The molecule has 0 aliphatic carbocycles. The maximum absolute atomic E-state index is 15.4. The summed E-state index contributed by atoms with van der Waals surface area (Å²) < 4.78 is 17.5. The zero-order valence-electron chi connectivity index (χ0n) is 29.6. The van der Waals surface area contributed by atoms with Crippen molar-refractivity contribution in [2.45, 2.75) is 24.9 Å². The number of carbonyl (C=O) groups excluding carboxylic acids is 3. The smallest absolute Gasteiger partial charge is 0.254 e. The monoisotopic (exact) mass is 756 g/mol. The lowest BCUT2D eigenvalue weighted by Crippen LogP contribution is -2.49. The third-order valence-corrected chi connectivity index (χ3v) is 10.9. The van der Waals surface area contributed by atoms with Crippen LogP contribution in [0.5, 0.6) is 0 Å². The lowest BCUT2D eigenvalue weighted by atomic mass is 10.0. The van der Waals surface area contributed by atoms with Gasteiger partial charge >= 0.3 is 0 Å². The fourth-order valence-corrected chi connectivity index (χ4v) is 7.71. The molecule has 0 aliphatic heterocycles. The lowest BCUT2D eigenvalue weighted by molar-refractivity contribution is -0.120. The Morgan fingerprint density at radius 1 is 0.685 bits per heavy atom. The van der Waals surface area contributed by atoms with Crippen molar-refractivity contribution >= 4 is 72.2 Å². The van der Waals surface area contributed by atoms with Gasteiger partial charge in [0, 0.05) is 44.0 Å². The molecule has 1 unspecified atom stereocenters. The van der Waals surface area contributed by atoms with E-state index in [4.69, 9.17) is 0 Å². The predicted molar refractivity (Wildman–Crippen MR) is 215 cm³/mol. The third kappa shape index (κ3) is 8.46. The first-order valence-corrected chi connectivity index (χ1v) is 19.1. The molecule has 9 nitrogen and oxygen atoms in total. The van der Waals surface area contributed by atoms with Crippen molar-refractivity contribution in [3.8, 4) is 0 Å². The van der Waals surface area contributed by atoms with Gasteiger partial charge in [-0.25, -0.2) is 14.4 Å². The van der Waals surface area contributed by atoms with Crippen molar-refractivity contribution in [2.24, 2.45) is 0 Å². The number of amides is 3. The first-order chi connectivity index (χ1) is 26.2. The number of aromatic nitrogens is 2. The van der Waals surface area contributed by atoms with E-state index in [1.165, 1.54) is 28.4 Å². The highest BCUT2D eigenvalue weighted by atomic mass is 32.1. The molecule has 2 aromatic heterocycles. The van der Waals surface area contributed by atoms with Crippen LogP contribution in [0.15, 0.2) is 126 Å². The van der Waals surface area contributed by atoms with Gasteiger partial charge in [-0.2, -0.15) is 0 Å². The van der Waals surface area contributed by atoms with E-state index in [-0.39, 0.29) is 23.5 Å². The van der Waals surface area contributed by atoms with Gasteiger partial charge in [0.05, 0.1) is 43.1 Å². The number of hydrogen-bond acceptors (Lipinski definition) is 8. The molecule has 3 amide bonds. The molecule has 5 aromatic carbocycles. The van der Waals surface area contributed by atoms with Crippen LogP contribution in [0.3, 0.4) is 0 Å². The Labute approximate surface area is 320 Å². The second-order valence-corrected chi connectivity index (χ2v) is 14.8. The molecule has 54 heavy (non-hydrogen) atoms. The van der Waals surface area contributed by atoms with Crippen molar-refractivity contribution in [1.29, 1.82) is 0 Å². The van der Waals surface area contributed by atoms with E-state index in [2.05, 4.69) is 20.6 Å². The van der Waals surface area contributed by atoms with Gasteiger partial charge in [-0.15, -0.1) is 22.7 Å². The van der Waals surface area contributed by atoms with E-state index < -0.39 is 29.7 Å². The Balaban J connectivity index is 1.10. The van der Waals surface area contributed by atoms with Gasteiger partial charge in [-0.05, 0) is 72.1 Å². The molecule has 7 aromatic rings. The number of nitrogens with one attached hydrogen (secondary N) is 2. The number of carbonyl (C=O) groups is 3. The highest BCUT2D eigenvalue weighted by Crippen LogP contribution is 2.26. The standard InChI is InChI=1S/C42H37FN6O3S2/c1-48(31-14-17-38-35(22-31)44-25-53-38)24-30(19-27-9-5-3-6-10-27)46-41(51)33-21-29(13-16-34(33)43)40(50)47-37(20-28-11-7-4-8-12-28)42(52)49(2)32-15-18-39-36(23-32)45-26-54-39/h3-18,21-23,25-26,30,37H,19-20,24H2,1-2H3,(H,46,51)(H,47,50)/t30?,37-/m0/s1. The number of halogens is 1. The van der Waals surface area contributed by atoms with Crippen LogP contribution in [-0.4, -0.2) is 60.4 Å². The van der Waals surface area contributed by atoms with E-state index in [1.54, 1.807) is 29.4 Å². The lowest BCUT2D eigenvalue weighted by Gasteiger charge is -2.27. The minimum absolute atomic E-state index is 0.0484. The molecular weight excluding hydrogens is 720 g/mol. The molecule has 2 atom stereocenters. The second kappa shape index (κ2) is 16.4. The van der Waals surface area contributed by atoms with Crippen molar-refractivity contribution in [2.75, 3.05) is 30.4 Å². The number of rotatable bonds is 13. The fraction of sp³-hybridized carbons (Fsp3) is 0.167. The molecule has 272 valence electrons. The van der Waals surface area contributed by atoms with E-state index in [0.29, 0.717) is 18.7 Å². The first kappa shape index (κ1) is 36.4. The van der Waals surface area contributed by atoms with Crippen LogP contribution in [0, 0.1) is 5.82 Å². The van der Waals surface area contributed by atoms with E-state index in [9.17, 15) is 14.4 Å². The molecule has 0 radical (unpaired) electrons. The highest BCUT2D eigenvalue weighted by Gasteiger charge is 2.27. The molecule has 12 heteroatoms. The van der Waals surface area contributed by atoms with Gasteiger partial charge in [0.15, 0.2) is 0 Å². The van der Waals surface area contributed by atoms with Crippen molar-refractivity contribution in [1.82, 2.24) is 20.6 Å². The molecule has 0 fully saturated rings. The molecule has 0 bridgehead atoms. The molecule has 7 rings (SSSR count). The normalized spacial score (nSPS) is 12.3. The molecular formula is C42H37FN6O3S2. The summed E-state index contributed by atoms with van der Waals surface area (Å²) in [5.41, 5.74) is 8.40. The predicted octanol–water partition coefficient (Wildman–Crippen LogP) is 7.53. The summed E-state index contributed by atoms with van der Waals surface area (Å²) in [7, 11) is 3.59. The molecule has 2 N–H and O–H groups in total. The number of likely N-dealkylation sites (N-methyl/N-ethyl adjacent to an activating group) is 2. The van der Waals surface area contributed by atoms with Crippen LogP contribution in [0.2, 0.25) is 0 Å². The zero-order chi connectivity index (χ0) is 37.6. The molecule has 0 saturated heterocycles. The summed E-state index contributed by atoms with van der Waals surface area (Å²) in [6.07, 6.45) is 0.706. The summed E-state index contributed by atoms with van der Waals surface area (Å²) in [6.45, 7) is 0.421. The van der Waals surface area contributed by atoms with Crippen molar-refractivity contribution < 1.29 is 18.8 Å². The number of fused-ring (bicyclic) bond motifs is 2. The van der Waals surface area contributed by atoms with Gasteiger partial charge in [0.25, 0.3) is 11.8 Å². The van der Waals surface area contributed by atoms with Crippen LogP contribution < -0.4 is 20.4 Å². The van der Waals surface area contributed by atoms with E-state index in [1.807, 2.05) is 109 Å². The minimum Gasteiger partial charge on any atom is -0.372 e. The highest BCUT2D eigenvalue weighted by molar-refractivity contribution is 7.17. The van der Waals surface area contributed by atoms with E-state index >= 15 is 4.39 Å². The van der Waals surface area contributed by atoms with Gasteiger partial charge < -0.3 is 20.4 Å². The third-order valence-electron chi connectivity index (χ3n) is 9.30. The number of anilines is 2. The van der Waals surface area contributed by atoms with Crippen LogP contribution in [0.1, 0.15) is 31.8 Å². The molecule has 0 saturated carbocycles. The minimum atomic E-state index is -0.965. The Bertz CT molecular complexity index is 2420. The Morgan fingerprint density at radius 2 is 1.28 bits per heavy atom. The van der Waals surface area contributed by atoms with E-state index in [0.717, 1.165) is 43.3 Å². The summed E-state index contributed by atoms with van der Waals surface area (Å²) in [5.74, 6) is -2.37. The number of hydrogen-bond donors (Lipinski definition) is 2. The number of nitrogens with zero attached hydrogens (tertiary/aromatic N) is 4. The SMILES string of the molecule is CN(CC(Cc1ccccc1)NC(=O)c1cc(C(=O)N[C@@H](Cc2ccccc2)C(=O)N(C)c2ccc3scnc3c2)ccc1F)c1ccc2scnc2c1. The Hall–Kier alpha value is -5.98. The first-order valence-electron chi connectivity index (χ1n) is 17.4. The topological polar surface area (TPSA) is 108 Å². The van der Waals surface area contributed by atoms with Gasteiger partial charge in [-0.3, -0.25) is 14.4 Å². The maximum atomic E-state index is 15.4. The van der Waals surface area contributed by atoms with Gasteiger partial charge in [0.2, 0.25) is 5.91 Å². The Morgan fingerprint density at radius 3 is 1.93 bits per heavy atom. The van der Waals surface area contributed by atoms with Crippen molar-refractivity contribution in [3.05, 3.63) is 154 Å². The number of benzene rings is 5. The second-order valence-electron chi connectivity index (χ2n) is 13.1.